The van der Waals surface area contributed by atoms with Crippen molar-refractivity contribution in [1.82, 2.24) is 19.5 Å². The highest BCUT2D eigenvalue weighted by molar-refractivity contribution is 5.83. The Morgan fingerprint density at radius 2 is 2.07 bits per heavy atom. The highest BCUT2D eigenvalue weighted by Crippen LogP contribution is 2.35. The molecule has 6 heteroatoms. The van der Waals surface area contributed by atoms with Gasteiger partial charge in [-0.05, 0) is 39.3 Å². The SMILES string of the molecule is CC(=O)Nn1c(C)cc(-c2c(-c3ccccc3)ncn2C[C@H]2CCCN2)c1C. The second kappa shape index (κ2) is 7.64. The van der Waals surface area contributed by atoms with Gasteiger partial charge in [0.15, 0.2) is 0 Å². The van der Waals surface area contributed by atoms with Gasteiger partial charge in [0.1, 0.15) is 0 Å². The molecular weight excluding hydrogens is 350 g/mol. The van der Waals surface area contributed by atoms with E-state index in [0.717, 1.165) is 47.0 Å². The van der Waals surface area contributed by atoms with Crippen molar-refractivity contribution < 1.29 is 4.79 Å². The molecule has 2 N–H and O–H groups in total. The number of amides is 1. The summed E-state index contributed by atoms with van der Waals surface area (Å²) in [4.78, 5) is 16.4. The third-order valence-corrected chi connectivity index (χ3v) is 5.42. The van der Waals surface area contributed by atoms with Gasteiger partial charge < -0.3 is 9.88 Å². The normalized spacial score (nSPS) is 16.5. The molecular formula is C22H27N5O. The van der Waals surface area contributed by atoms with Crippen LogP contribution in [0.2, 0.25) is 0 Å². The Morgan fingerprint density at radius 3 is 2.75 bits per heavy atom. The molecule has 0 spiro atoms. The minimum absolute atomic E-state index is 0.0831. The van der Waals surface area contributed by atoms with Crippen LogP contribution in [0.1, 0.15) is 31.2 Å². The predicted octanol–water partition coefficient (Wildman–Crippen LogP) is 3.48. The summed E-state index contributed by atoms with van der Waals surface area (Å²) in [7, 11) is 0. The fourth-order valence-electron chi connectivity index (χ4n) is 4.09. The highest BCUT2D eigenvalue weighted by atomic mass is 16.2. The van der Waals surface area contributed by atoms with Crippen LogP contribution >= 0.6 is 0 Å². The highest BCUT2D eigenvalue weighted by Gasteiger charge is 2.23. The van der Waals surface area contributed by atoms with Gasteiger partial charge in [0.2, 0.25) is 5.91 Å². The molecule has 1 aliphatic heterocycles. The Hall–Kier alpha value is -2.86. The van der Waals surface area contributed by atoms with Gasteiger partial charge >= 0.3 is 0 Å². The lowest BCUT2D eigenvalue weighted by molar-refractivity contribution is -0.115. The minimum Gasteiger partial charge on any atom is -0.328 e. The molecule has 0 saturated carbocycles. The number of aryl methyl sites for hydroxylation is 1. The van der Waals surface area contributed by atoms with Gasteiger partial charge in [-0.2, -0.15) is 0 Å². The maximum atomic E-state index is 11.6. The molecule has 28 heavy (non-hydrogen) atoms. The Kier molecular flexibility index (Phi) is 5.05. The first-order chi connectivity index (χ1) is 13.5. The van der Waals surface area contributed by atoms with Crippen LogP contribution in [0.3, 0.4) is 0 Å². The van der Waals surface area contributed by atoms with E-state index in [4.69, 9.17) is 4.98 Å². The molecule has 146 valence electrons. The number of aromatic nitrogens is 3. The monoisotopic (exact) mass is 377 g/mol. The molecule has 1 aliphatic rings. The van der Waals surface area contributed by atoms with E-state index in [1.807, 2.05) is 43.0 Å². The number of imidazole rings is 1. The molecule has 1 fully saturated rings. The largest absolute Gasteiger partial charge is 0.328 e. The van der Waals surface area contributed by atoms with E-state index in [2.05, 4.69) is 33.5 Å². The zero-order valence-corrected chi connectivity index (χ0v) is 16.7. The van der Waals surface area contributed by atoms with Crippen LogP contribution in [-0.4, -0.2) is 32.7 Å². The number of rotatable bonds is 5. The molecule has 0 bridgehead atoms. The number of benzene rings is 1. The lowest BCUT2D eigenvalue weighted by Crippen LogP contribution is -2.26. The summed E-state index contributed by atoms with van der Waals surface area (Å²) in [5.41, 5.74) is 9.18. The van der Waals surface area contributed by atoms with Gasteiger partial charge in [-0.15, -0.1) is 0 Å². The van der Waals surface area contributed by atoms with Crippen molar-refractivity contribution in [3.8, 4) is 22.5 Å². The lowest BCUT2D eigenvalue weighted by atomic mass is 10.0. The number of nitrogens with one attached hydrogen (secondary N) is 2. The maximum absolute atomic E-state index is 11.6. The lowest BCUT2D eigenvalue weighted by Gasteiger charge is -2.16. The molecule has 0 radical (unpaired) electrons. The smallest absolute Gasteiger partial charge is 0.235 e. The van der Waals surface area contributed by atoms with Gasteiger partial charge in [0, 0.05) is 42.0 Å². The fourth-order valence-corrected chi connectivity index (χ4v) is 4.09. The van der Waals surface area contributed by atoms with Crippen molar-refractivity contribution in [2.24, 2.45) is 0 Å². The van der Waals surface area contributed by atoms with Crippen molar-refractivity contribution in [1.29, 1.82) is 0 Å². The first-order valence-electron chi connectivity index (χ1n) is 9.85. The molecule has 0 unspecified atom stereocenters. The Bertz CT molecular complexity index is 980. The van der Waals surface area contributed by atoms with Gasteiger partial charge in [-0.1, -0.05) is 30.3 Å². The maximum Gasteiger partial charge on any atom is 0.235 e. The topological polar surface area (TPSA) is 63.9 Å². The number of nitrogens with zero attached hydrogens (tertiary/aromatic N) is 3. The van der Waals surface area contributed by atoms with Crippen LogP contribution in [0, 0.1) is 13.8 Å². The van der Waals surface area contributed by atoms with Crippen molar-refractivity contribution in [2.75, 3.05) is 12.0 Å². The van der Waals surface area contributed by atoms with Gasteiger partial charge in [0.25, 0.3) is 0 Å². The zero-order chi connectivity index (χ0) is 19.7. The second-order valence-corrected chi connectivity index (χ2v) is 7.54. The molecule has 0 aliphatic carbocycles. The summed E-state index contributed by atoms with van der Waals surface area (Å²) in [6.45, 7) is 7.55. The molecule has 1 atom stereocenters. The average Bonchev–Trinajstić information content (AvgIpc) is 3.39. The fraction of sp³-hybridized carbons (Fsp3) is 0.364. The van der Waals surface area contributed by atoms with Crippen LogP contribution in [0.15, 0.2) is 42.7 Å². The summed E-state index contributed by atoms with van der Waals surface area (Å²) in [5.74, 6) is -0.0831. The van der Waals surface area contributed by atoms with Crippen LogP contribution in [0.4, 0.5) is 0 Å². The summed E-state index contributed by atoms with van der Waals surface area (Å²) < 4.78 is 4.11. The molecule has 1 amide bonds. The van der Waals surface area contributed by atoms with E-state index in [9.17, 15) is 4.79 Å². The molecule has 1 aromatic carbocycles. The standard InChI is InChI=1S/C22H27N5O/c1-15-12-20(16(2)27(15)25-17(3)28)22-21(18-8-5-4-6-9-18)24-14-26(22)13-19-10-7-11-23-19/h4-6,8-9,12,14,19,23H,7,10-11,13H2,1-3H3,(H,25,28)/t19-/m1/s1. The second-order valence-electron chi connectivity index (χ2n) is 7.54. The number of carbonyl (C=O) groups is 1. The van der Waals surface area contributed by atoms with Crippen molar-refractivity contribution in [2.45, 2.75) is 46.2 Å². The van der Waals surface area contributed by atoms with Crippen molar-refractivity contribution >= 4 is 5.91 Å². The predicted molar refractivity (Wildman–Crippen MR) is 112 cm³/mol. The van der Waals surface area contributed by atoms with Crippen LogP contribution < -0.4 is 10.7 Å². The van der Waals surface area contributed by atoms with E-state index < -0.39 is 0 Å². The molecule has 3 heterocycles. The van der Waals surface area contributed by atoms with E-state index in [1.54, 1.807) is 0 Å². The first kappa shape index (κ1) is 18.5. The number of carbonyl (C=O) groups excluding carboxylic acids is 1. The average molecular weight is 377 g/mol. The number of hydrogen-bond donors (Lipinski definition) is 2. The minimum atomic E-state index is -0.0831. The van der Waals surface area contributed by atoms with Crippen molar-refractivity contribution in [3.05, 3.63) is 54.1 Å². The molecule has 6 nitrogen and oxygen atoms in total. The Labute approximate surface area is 165 Å². The van der Waals surface area contributed by atoms with E-state index in [1.165, 1.54) is 19.8 Å². The Balaban J connectivity index is 1.84. The third-order valence-electron chi connectivity index (χ3n) is 5.42. The number of hydrogen-bond acceptors (Lipinski definition) is 3. The zero-order valence-electron chi connectivity index (χ0n) is 16.7. The van der Waals surface area contributed by atoms with E-state index in [-0.39, 0.29) is 5.91 Å². The van der Waals surface area contributed by atoms with Gasteiger partial charge in [-0.3, -0.25) is 14.9 Å². The van der Waals surface area contributed by atoms with E-state index in [0.29, 0.717) is 6.04 Å². The summed E-state index contributed by atoms with van der Waals surface area (Å²) >= 11 is 0. The van der Waals surface area contributed by atoms with Crippen LogP contribution in [0.5, 0.6) is 0 Å². The molecule has 3 aromatic rings. The third kappa shape index (κ3) is 3.47. The summed E-state index contributed by atoms with van der Waals surface area (Å²) in [6.07, 6.45) is 4.35. The van der Waals surface area contributed by atoms with Crippen molar-refractivity contribution in [3.63, 3.8) is 0 Å². The van der Waals surface area contributed by atoms with Crippen LogP contribution in [-0.2, 0) is 11.3 Å². The molecule has 1 saturated heterocycles. The molecule has 2 aromatic heterocycles. The summed E-state index contributed by atoms with van der Waals surface area (Å²) in [6, 6.07) is 12.9. The summed E-state index contributed by atoms with van der Waals surface area (Å²) in [5, 5.41) is 3.58. The van der Waals surface area contributed by atoms with Crippen LogP contribution in [0.25, 0.3) is 22.5 Å². The quantitative estimate of drug-likeness (QED) is 0.716. The van der Waals surface area contributed by atoms with Gasteiger partial charge in [-0.25, -0.2) is 4.98 Å². The first-order valence-corrected chi connectivity index (χ1v) is 9.85. The van der Waals surface area contributed by atoms with E-state index >= 15 is 0 Å². The molecule has 4 rings (SSSR count). The Morgan fingerprint density at radius 1 is 1.29 bits per heavy atom. The van der Waals surface area contributed by atoms with Gasteiger partial charge in [0.05, 0.1) is 17.7 Å².